The molecule has 1 aliphatic carbocycles. The normalized spacial score (nSPS) is 17.6. The molecule has 1 saturated carbocycles. The number of carbonyl (C=O) groups excluding carboxylic acids is 1. The lowest BCUT2D eigenvalue weighted by atomic mass is 9.80. The number of aliphatic carboxylic acids is 1. The number of halogens is 3. The number of pyridine rings is 1. The van der Waals surface area contributed by atoms with Crippen molar-refractivity contribution in [2.45, 2.75) is 43.8 Å². The molecule has 1 N–H and O–H groups in total. The molecule has 1 heterocycles. The Bertz CT molecular complexity index is 593. The van der Waals surface area contributed by atoms with E-state index >= 15 is 0 Å². The predicted octanol–water partition coefficient (Wildman–Crippen LogP) is 2.96. The van der Waals surface area contributed by atoms with E-state index in [1.54, 1.807) is 0 Å². The summed E-state index contributed by atoms with van der Waals surface area (Å²) >= 11 is 0. The predicted molar refractivity (Wildman–Crippen MR) is 74.8 cm³/mol. The maximum absolute atomic E-state index is 12.5. The van der Waals surface area contributed by atoms with Crippen LogP contribution in [-0.2, 0) is 11.0 Å². The summed E-state index contributed by atoms with van der Waals surface area (Å²) in [7, 11) is 1.37. The molecule has 126 valence electrons. The van der Waals surface area contributed by atoms with Gasteiger partial charge in [0.2, 0.25) is 0 Å². The van der Waals surface area contributed by atoms with Crippen LogP contribution in [0.25, 0.3) is 0 Å². The van der Waals surface area contributed by atoms with Crippen molar-refractivity contribution in [1.82, 2.24) is 9.88 Å². The highest BCUT2D eigenvalue weighted by atomic mass is 19.4. The van der Waals surface area contributed by atoms with E-state index in [9.17, 15) is 27.9 Å². The largest absolute Gasteiger partial charge is 0.479 e. The summed E-state index contributed by atoms with van der Waals surface area (Å²) in [4.78, 5) is 28.5. The lowest BCUT2D eigenvalue weighted by Gasteiger charge is -2.41. The van der Waals surface area contributed by atoms with Gasteiger partial charge in [0.1, 0.15) is 11.2 Å². The Kier molecular flexibility index (Phi) is 4.63. The number of hydrogen-bond donors (Lipinski definition) is 1. The van der Waals surface area contributed by atoms with Crippen molar-refractivity contribution in [2.75, 3.05) is 7.05 Å². The summed E-state index contributed by atoms with van der Waals surface area (Å²) < 4.78 is 37.5. The van der Waals surface area contributed by atoms with Crippen molar-refractivity contribution >= 4 is 11.9 Å². The average Bonchev–Trinajstić information content (AvgIpc) is 2.53. The summed E-state index contributed by atoms with van der Waals surface area (Å²) in [6.07, 6.45) is -0.806. The SMILES string of the molecule is CN(C(=O)c1ccc(C(F)(F)F)nc1)C1(C(=O)O)CCCCC1. The maximum atomic E-state index is 12.5. The molecule has 8 heteroatoms. The van der Waals surface area contributed by atoms with Crippen molar-refractivity contribution in [1.29, 1.82) is 0 Å². The molecule has 23 heavy (non-hydrogen) atoms. The number of hydrogen-bond acceptors (Lipinski definition) is 3. The fourth-order valence-corrected chi connectivity index (χ4v) is 2.91. The summed E-state index contributed by atoms with van der Waals surface area (Å²) in [5.41, 5.74) is -2.47. The fourth-order valence-electron chi connectivity index (χ4n) is 2.91. The molecule has 1 fully saturated rings. The van der Waals surface area contributed by atoms with Gasteiger partial charge < -0.3 is 10.0 Å². The molecule has 0 unspecified atom stereocenters. The molecule has 0 spiro atoms. The third kappa shape index (κ3) is 3.30. The standard InChI is InChI=1S/C15H17F3N2O3/c1-20(14(13(22)23)7-3-2-4-8-14)12(21)10-5-6-11(19-9-10)15(16,17)18/h5-6,9H,2-4,7-8H2,1H3,(H,22,23). The van der Waals surface area contributed by atoms with Gasteiger partial charge in [0.25, 0.3) is 5.91 Å². The zero-order valence-electron chi connectivity index (χ0n) is 12.6. The van der Waals surface area contributed by atoms with E-state index in [1.165, 1.54) is 7.05 Å². The Morgan fingerprint density at radius 2 is 1.83 bits per heavy atom. The van der Waals surface area contributed by atoms with Gasteiger partial charge in [0.05, 0.1) is 5.56 Å². The Morgan fingerprint density at radius 3 is 2.26 bits per heavy atom. The van der Waals surface area contributed by atoms with Crippen LogP contribution in [0, 0.1) is 0 Å². The highest BCUT2D eigenvalue weighted by Crippen LogP contribution is 2.34. The zero-order valence-corrected chi connectivity index (χ0v) is 12.6. The summed E-state index contributed by atoms with van der Waals surface area (Å²) in [5, 5.41) is 9.55. The second-order valence-electron chi connectivity index (χ2n) is 5.69. The molecule has 1 amide bonds. The second kappa shape index (κ2) is 6.17. The maximum Gasteiger partial charge on any atom is 0.433 e. The number of amides is 1. The molecule has 0 atom stereocenters. The molecule has 0 aromatic carbocycles. The monoisotopic (exact) mass is 330 g/mol. The second-order valence-corrected chi connectivity index (χ2v) is 5.69. The Balaban J connectivity index is 2.26. The van der Waals surface area contributed by atoms with Gasteiger partial charge >= 0.3 is 12.1 Å². The van der Waals surface area contributed by atoms with Crippen LogP contribution < -0.4 is 0 Å². The first-order valence-corrected chi connectivity index (χ1v) is 7.23. The molecular formula is C15H17F3N2O3. The molecule has 5 nitrogen and oxygen atoms in total. The van der Waals surface area contributed by atoms with Crippen molar-refractivity contribution in [3.05, 3.63) is 29.6 Å². The van der Waals surface area contributed by atoms with Crippen molar-refractivity contribution in [2.24, 2.45) is 0 Å². The van der Waals surface area contributed by atoms with Gasteiger partial charge in [-0.05, 0) is 25.0 Å². The summed E-state index contributed by atoms with van der Waals surface area (Å²) in [6, 6.07) is 1.74. The van der Waals surface area contributed by atoms with Gasteiger partial charge in [-0.1, -0.05) is 19.3 Å². The first kappa shape index (κ1) is 17.2. The van der Waals surface area contributed by atoms with E-state index in [1.807, 2.05) is 0 Å². The van der Waals surface area contributed by atoms with Gasteiger partial charge in [-0.3, -0.25) is 9.78 Å². The van der Waals surface area contributed by atoms with Crippen LogP contribution in [0.4, 0.5) is 13.2 Å². The molecule has 0 bridgehead atoms. The van der Waals surface area contributed by atoms with Crippen LogP contribution in [-0.4, -0.2) is 39.5 Å². The van der Waals surface area contributed by atoms with Crippen LogP contribution in [0.3, 0.4) is 0 Å². The van der Waals surface area contributed by atoms with Gasteiger partial charge in [0.15, 0.2) is 0 Å². The average molecular weight is 330 g/mol. The van der Waals surface area contributed by atoms with Crippen molar-refractivity contribution in [3.63, 3.8) is 0 Å². The Morgan fingerprint density at radius 1 is 1.22 bits per heavy atom. The topological polar surface area (TPSA) is 70.5 Å². The quantitative estimate of drug-likeness (QED) is 0.925. The Hall–Kier alpha value is -2.12. The van der Waals surface area contributed by atoms with Crippen LogP contribution in [0.2, 0.25) is 0 Å². The van der Waals surface area contributed by atoms with Crippen molar-refractivity contribution < 1.29 is 27.9 Å². The number of likely N-dealkylation sites (N-methyl/N-ethyl adjacent to an activating group) is 1. The first-order chi connectivity index (χ1) is 10.7. The first-order valence-electron chi connectivity index (χ1n) is 7.23. The number of carboxylic acids is 1. The van der Waals surface area contributed by atoms with E-state index < -0.39 is 29.3 Å². The van der Waals surface area contributed by atoms with Crippen LogP contribution >= 0.6 is 0 Å². The molecule has 0 radical (unpaired) electrons. The minimum absolute atomic E-state index is 0.0632. The highest BCUT2D eigenvalue weighted by molar-refractivity contribution is 5.97. The van der Waals surface area contributed by atoms with Gasteiger partial charge in [-0.2, -0.15) is 13.2 Å². The fraction of sp³-hybridized carbons (Fsp3) is 0.533. The molecule has 1 aromatic rings. The van der Waals surface area contributed by atoms with Crippen LogP contribution in [0.1, 0.15) is 48.2 Å². The third-order valence-electron chi connectivity index (χ3n) is 4.33. The molecular weight excluding hydrogens is 313 g/mol. The molecule has 0 aliphatic heterocycles. The minimum Gasteiger partial charge on any atom is -0.479 e. The van der Waals surface area contributed by atoms with E-state index in [2.05, 4.69) is 4.98 Å². The molecule has 0 saturated heterocycles. The summed E-state index contributed by atoms with van der Waals surface area (Å²) in [5.74, 6) is -1.73. The number of rotatable bonds is 3. The van der Waals surface area contributed by atoms with E-state index in [-0.39, 0.29) is 5.56 Å². The number of aromatic nitrogens is 1. The van der Waals surface area contributed by atoms with Gasteiger partial charge in [0, 0.05) is 13.2 Å². The van der Waals surface area contributed by atoms with Gasteiger partial charge in [-0.25, -0.2) is 4.79 Å². The minimum atomic E-state index is -4.58. The van der Waals surface area contributed by atoms with Crippen molar-refractivity contribution in [3.8, 4) is 0 Å². The highest BCUT2D eigenvalue weighted by Gasteiger charge is 2.45. The van der Waals surface area contributed by atoms with E-state index in [0.29, 0.717) is 25.7 Å². The Labute approximate surface area is 131 Å². The summed E-state index contributed by atoms with van der Waals surface area (Å²) in [6.45, 7) is 0. The van der Waals surface area contributed by atoms with Gasteiger partial charge in [-0.15, -0.1) is 0 Å². The zero-order chi connectivity index (χ0) is 17.3. The number of nitrogens with zero attached hydrogens (tertiary/aromatic N) is 2. The number of carbonyl (C=O) groups is 2. The van der Waals surface area contributed by atoms with E-state index in [0.717, 1.165) is 29.7 Å². The molecule has 1 aliphatic rings. The lowest BCUT2D eigenvalue weighted by Crippen LogP contribution is -2.56. The number of alkyl halides is 3. The molecule has 1 aromatic heterocycles. The van der Waals surface area contributed by atoms with E-state index in [4.69, 9.17) is 0 Å². The molecule has 2 rings (SSSR count). The smallest absolute Gasteiger partial charge is 0.433 e. The third-order valence-corrected chi connectivity index (χ3v) is 4.33. The number of carboxylic acid groups (broad SMARTS) is 1. The van der Waals surface area contributed by atoms with Crippen LogP contribution in [0.5, 0.6) is 0 Å². The lowest BCUT2D eigenvalue weighted by molar-refractivity contribution is -0.151. The van der Waals surface area contributed by atoms with Crippen LogP contribution in [0.15, 0.2) is 18.3 Å².